The van der Waals surface area contributed by atoms with Crippen molar-refractivity contribution in [2.24, 2.45) is 0 Å². The third-order valence-corrected chi connectivity index (χ3v) is 4.72. The number of hydrogen-bond acceptors (Lipinski definition) is 5. The number of alkyl halides is 3. The van der Waals surface area contributed by atoms with Gasteiger partial charge in [-0.1, -0.05) is 0 Å². The van der Waals surface area contributed by atoms with Gasteiger partial charge in [-0.15, -0.1) is 0 Å². The average Bonchev–Trinajstić information content (AvgIpc) is 2.54. The van der Waals surface area contributed by atoms with Crippen LogP contribution in [0.3, 0.4) is 0 Å². The summed E-state index contributed by atoms with van der Waals surface area (Å²) in [7, 11) is 1.13. The molecule has 1 fully saturated rings. The minimum absolute atomic E-state index is 0.126. The molecule has 1 aromatic rings. The second-order valence-corrected chi connectivity index (χ2v) is 7.98. The maximum absolute atomic E-state index is 13.4. The van der Waals surface area contributed by atoms with Crippen LogP contribution in [0.4, 0.5) is 23.7 Å². The van der Waals surface area contributed by atoms with E-state index in [1.54, 1.807) is 32.6 Å². The summed E-state index contributed by atoms with van der Waals surface area (Å²) in [6.45, 7) is 9.76. The van der Waals surface area contributed by atoms with Crippen LogP contribution < -0.4 is 4.90 Å². The van der Waals surface area contributed by atoms with Crippen molar-refractivity contribution in [3.8, 4) is 0 Å². The van der Waals surface area contributed by atoms with Gasteiger partial charge in [-0.05, 0) is 52.3 Å². The number of likely N-dealkylation sites (tertiary alicyclic amines) is 1. The Bertz CT molecular complexity index is 781. The van der Waals surface area contributed by atoms with Crippen LogP contribution in [0.15, 0.2) is 12.1 Å². The lowest BCUT2D eigenvalue weighted by Crippen LogP contribution is -2.62. The zero-order valence-corrected chi connectivity index (χ0v) is 17.5. The molecule has 6 nitrogen and oxygen atoms in total. The van der Waals surface area contributed by atoms with Gasteiger partial charge in [0, 0.05) is 25.3 Å². The summed E-state index contributed by atoms with van der Waals surface area (Å²) in [6.07, 6.45) is -5.06. The maximum Gasteiger partial charge on any atom is 0.416 e. The van der Waals surface area contributed by atoms with Gasteiger partial charge in [0.05, 0.1) is 24.3 Å². The molecular formula is C20H27F3N2O4. The standard InChI is InChI=1S/C20H27F3N2O4/c1-7-25(14-10-24(11-14)18(27)29-19(3,4)5)16-9-13(20(21,22)23)8-15(12(16)2)17(26)28-6/h8-9,14H,7,10-11H2,1-6H3. The van der Waals surface area contributed by atoms with Crippen molar-refractivity contribution >= 4 is 17.7 Å². The third-order valence-electron chi connectivity index (χ3n) is 4.72. The van der Waals surface area contributed by atoms with Gasteiger partial charge in [-0.3, -0.25) is 0 Å². The normalized spacial score (nSPS) is 15.0. The van der Waals surface area contributed by atoms with E-state index in [2.05, 4.69) is 4.74 Å². The van der Waals surface area contributed by atoms with E-state index in [0.29, 0.717) is 30.9 Å². The Kier molecular flexibility index (Phi) is 6.39. The number of esters is 1. The fraction of sp³-hybridized carbons (Fsp3) is 0.600. The van der Waals surface area contributed by atoms with E-state index in [1.165, 1.54) is 4.90 Å². The van der Waals surface area contributed by atoms with Gasteiger partial charge in [0.25, 0.3) is 0 Å². The number of benzene rings is 1. The Hall–Kier alpha value is -2.45. The molecule has 2 rings (SSSR count). The number of rotatable bonds is 4. The van der Waals surface area contributed by atoms with Gasteiger partial charge in [0.15, 0.2) is 0 Å². The molecule has 1 aromatic carbocycles. The van der Waals surface area contributed by atoms with Crippen LogP contribution in [-0.2, 0) is 15.7 Å². The lowest BCUT2D eigenvalue weighted by molar-refractivity contribution is -0.137. The van der Waals surface area contributed by atoms with E-state index in [4.69, 9.17) is 4.74 Å². The summed E-state index contributed by atoms with van der Waals surface area (Å²) >= 11 is 0. The van der Waals surface area contributed by atoms with Crippen molar-refractivity contribution in [1.29, 1.82) is 0 Å². The molecule has 0 unspecified atom stereocenters. The molecule has 29 heavy (non-hydrogen) atoms. The lowest BCUT2D eigenvalue weighted by Gasteiger charge is -2.46. The Morgan fingerprint density at radius 2 is 1.79 bits per heavy atom. The van der Waals surface area contributed by atoms with E-state index in [-0.39, 0.29) is 11.6 Å². The van der Waals surface area contributed by atoms with Crippen LogP contribution in [-0.4, -0.2) is 55.3 Å². The monoisotopic (exact) mass is 416 g/mol. The van der Waals surface area contributed by atoms with Crippen molar-refractivity contribution in [2.45, 2.75) is 52.4 Å². The summed E-state index contributed by atoms with van der Waals surface area (Å²) in [4.78, 5) is 27.4. The fourth-order valence-corrected chi connectivity index (χ4v) is 3.24. The molecule has 0 saturated carbocycles. The van der Waals surface area contributed by atoms with Crippen LogP contribution >= 0.6 is 0 Å². The smallest absolute Gasteiger partial charge is 0.416 e. The average molecular weight is 416 g/mol. The molecule has 0 atom stereocenters. The Labute approximate surface area is 168 Å². The number of nitrogens with zero attached hydrogens (tertiary/aromatic N) is 2. The molecule has 1 aliphatic rings. The van der Waals surface area contributed by atoms with Crippen LogP contribution in [0, 0.1) is 6.92 Å². The zero-order valence-electron chi connectivity index (χ0n) is 17.5. The van der Waals surface area contributed by atoms with Gasteiger partial charge in [-0.2, -0.15) is 13.2 Å². The first-order valence-electron chi connectivity index (χ1n) is 9.33. The number of carbonyl (C=O) groups is 2. The predicted molar refractivity (Wildman–Crippen MR) is 102 cm³/mol. The minimum atomic E-state index is -4.60. The van der Waals surface area contributed by atoms with E-state index in [1.807, 2.05) is 6.92 Å². The van der Waals surface area contributed by atoms with E-state index < -0.39 is 29.4 Å². The molecule has 0 aromatic heterocycles. The Morgan fingerprint density at radius 3 is 2.24 bits per heavy atom. The van der Waals surface area contributed by atoms with Crippen molar-refractivity contribution in [2.75, 3.05) is 31.6 Å². The molecule has 0 N–H and O–H groups in total. The third kappa shape index (κ3) is 5.13. The van der Waals surface area contributed by atoms with Gasteiger partial charge < -0.3 is 19.3 Å². The van der Waals surface area contributed by atoms with Crippen molar-refractivity contribution < 1.29 is 32.2 Å². The number of ether oxygens (including phenoxy) is 2. The molecule has 0 radical (unpaired) electrons. The van der Waals surface area contributed by atoms with Gasteiger partial charge in [-0.25, -0.2) is 9.59 Å². The summed E-state index contributed by atoms with van der Waals surface area (Å²) in [5.74, 6) is -0.824. The predicted octanol–water partition coefficient (Wildman–Crippen LogP) is 4.25. The first-order valence-corrected chi connectivity index (χ1v) is 9.33. The highest BCUT2D eigenvalue weighted by Gasteiger charge is 2.39. The maximum atomic E-state index is 13.4. The number of methoxy groups -OCH3 is 1. The highest BCUT2D eigenvalue weighted by atomic mass is 19.4. The summed E-state index contributed by atoms with van der Waals surface area (Å²) < 4.78 is 50.2. The van der Waals surface area contributed by atoms with E-state index in [9.17, 15) is 22.8 Å². The highest BCUT2D eigenvalue weighted by molar-refractivity contribution is 5.93. The van der Waals surface area contributed by atoms with Crippen molar-refractivity contribution in [1.82, 2.24) is 4.90 Å². The lowest BCUT2D eigenvalue weighted by atomic mass is 9.98. The van der Waals surface area contributed by atoms with Crippen molar-refractivity contribution in [3.63, 3.8) is 0 Å². The summed E-state index contributed by atoms with van der Waals surface area (Å²) in [5, 5.41) is 0. The number of amides is 1. The first-order chi connectivity index (χ1) is 13.3. The first kappa shape index (κ1) is 22.8. The molecular weight excluding hydrogens is 389 g/mol. The number of likely N-dealkylation sites (N-methyl/N-ethyl adjacent to an activating group) is 1. The molecule has 0 spiro atoms. The van der Waals surface area contributed by atoms with Crippen LogP contribution in [0.25, 0.3) is 0 Å². The topological polar surface area (TPSA) is 59.1 Å². The second kappa shape index (κ2) is 8.12. The molecule has 0 bridgehead atoms. The number of hydrogen-bond donors (Lipinski definition) is 0. The number of halogens is 3. The highest BCUT2D eigenvalue weighted by Crippen LogP contribution is 2.37. The molecule has 0 aliphatic carbocycles. The molecule has 162 valence electrons. The SMILES string of the molecule is CCN(c1cc(C(F)(F)F)cc(C(=O)OC)c1C)C1CN(C(=O)OC(C)(C)C)C1. The van der Waals surface area contributed by atoms with Crippen molar-refractivity contribution in [3.05, 3.63) is 28.8 Å². The minimum Gasteiger partial charge on any atom is -0.465 e. The fourth-order valence-electron chi connectivity index (χ4n) is 3.24. The summed E-state index contributed by atoms with van der Waals surface area (Å²) in [6, 6.07) is 1.67. The quantitative estimate of drug-likeness (QED) is 0.687. The Morgan fingerprint density at radius 1 is 1.21 bits per heavy atom. The van der Waals surface area contributed by atoms with Crippen LogP contribution in [0.5, 0.6) is 0 Å². The summed E-state index contributed by atoms with van der Waals surface area (Å²) in [5.41, 5.74) is -0.960. The molecule has 1 heterocycles. The van der Waals surface area contributed by atoms with Crippen LogP contribution in [0.2, 0.25) is 0 Å². The van der Waals surface area contributed by atoms with Gasteiger partial charge >= 0.3 is 18.2 Å². The number of carbonyl (C=O) groups excluding carboxylic acids is 2. The van der Waals surface area contributed by atoms with E-state index in [0.717, 1.165) is 19.2 Å². The van der Waals surface area contributed by atoms with Gasteiger partial charge in [0.2, 0.25) is 0 Å². The number of anilines is 1. The zero-order chi connectivity index (χ0) is 22.1. The second-order valence-electron chi connectivity index (χ2n) is 7.98. The molecule has 9 heteroatoms. The molecule has 1 amide bonds. The Balaban J connectivity index is 2.32. The largest absolute Gasteiger partial charge is 0.465 e. The molecule has 1 saturated heterocycles. The van der Waals surface area contributed by atoms with Crippen LogP contribution in [0.1, 0.15) is 49.2 Å². The van der Waals surface area contributed by atoms with Gasteiger partial charge in [0.1, 0.15) is 5.60 Å². The molecule has 1 aliphatic heterocycles. The van der Waals surface area contributed by atoms with E-state index >= 15 is 0 Å².